The topological polar surface area (TPSA) is 29.1 Å². The first-order valence-electron chi connectivity index (χ1n) is 7.66. The highest BCUT2D eigenvalue weighted by atomic mass is 16.1. The second kappa shape index (κ2) is 7.58. The van der Waals surface area contributed by atoms with Crippen LogP contribution in [0.3, 0.4) is 0 Å². The summed E-state index contributed by atoms with van der Waals surface area (Å²) in [6.07, 6.45) is 12.5. The Hall–Kier alpha value is -0.970. The molecule has 0 spiro atoms. The van der Waals surface area contributed by atoms with Crippen LogP contribution < -0.4 is 5.32 Å². The fourth-order valence-electron chi connectivity index (χ4n) is 2.93. The highest BCUT2D eigenvalue weighted by Gasteiger charge is 2.32. The zero-order valence-electron chi connectivity index (χ0n) is 12.8. The predicted octanol–water partition coefficient (Wildman–Crippen LogP) is 3.76. The summed E-state index contributed by atoms with van der Waals surface area (Å²) in [7, 11) is 0. The molecule has 0 atom stereocenters. The Balaban J connectivity index is 2.20. The summed E-state index contributed by atoms with van der Waals surface area (Å²) < 4.78 is 0. The minimum absolute atomic E-state index is 0.242. The largest absolute Gasteiger partial charge is 0.356 e. The molecule has 1 aliphatic carbocycles. The van der Waals surface area contributed by atoms with Crippen LogP contribution in [0.25, 0.3) is 0 Å². The van der Waals surface area contributed by atoms with Crippen LogP contribution in [-0.4, -0.2) is 12.5 Å². The number of nitrogens with one attached hydrogen (secondary N) is 1. The molecule has 0 aromatic heterocycles. The summed E-state index contributed by atoms with van der Waals surface area (Å²) in [5.74, 6) is 3.90. The molecule has 2 nitrogen and oxygen atoms in total. The van der Waals surface area contributed by atoms with E-state index in [9.17, 15) is 4.79 Å². The van der Waals surface area contributed by atoms with Crippen molar-refractivity contribution in [2.45, 2.75) is 65.7 Å². The highest BCUT2D eigenvalue weighted by molar-refractivity contribution is 5.78. The molecule has 0 bridgehead atoms. The van der Waals surface area contributed by atoms with E-state index in [1.54, 1.807) is 0 Å². The maximum atomic E-state index is 12.0. The standard InChI is InChI=1S/C17H29NO/c1-5-6-7-8-13-18-16(19)14-9-11-15(12-10-14)17(2,3)4/h1,14-15H,6-13H2,2-4H3,(H,18,19). The lowest BCUT2D eigenvalue weighted by atomic mass is 9.69. The molecule has 1 amide bonds. The van der Waals surface area contributed by atoms with E-state index in [4.69, 9.17) is 6.42 Å². The lowest BCUT2D eigenvalue weighted by Gasteiger charge is -2.36. The van der Waals surface area contributed by atoms with Gasteiger partial charge >= 0.3 is 0 Å². The summed E-state index contributed by atoms with van der Waals surface area (Å²) in [6.45, 7) is 7.70. The molecule has 0 unspecified atom stereocenters. The number of hydrogen-bond donors (Lipinski definition) is 1. The van der Waals surface area contributed by atoms with Gasteiger partial charge in [0.25, 0.3) is 0 Å². The summed E-state index contributed by atoms with van der Waals surface area (Å²) >= 11 is 0. The molecule has 1 aliphatic rings. The molecule has 0 saturated heterocycles. The Morgan fingerprint density at radius 1 is 1.21 bits per heavy atom. The Morgan fingerprint density at radius 2 is 1.84 bits per heavy atom. The molecular weight excluding hydrogens is 234 g/mol. The van der Waals surface area contributed by atoms with Crippen LogP contribution in [0.4, 0.5) is 0 Å². The molecule has 1 fully saturated rings. The van der Waals surface area contributed by atoms with Gasteiger partial charge in [0.1, 0.15) is 0 Å². The number of rotatable bonds is 5. The molecule has 1 rings (SSSR count). The minimum Gasteiger partial charge on any atom is -0.356 e. The van der Waals surface area contributed by atoms with Gasteiger partial charge in [0, 0.05) is 18.9 Å². The van der Waals surface area contributed by atoms with Crippen molar-refractivity contribution >= 4 is 5.91 Å². The Labute approximate surface area is 118 Å². The van der Waals surface area contributed by atoms with E-state index in [-0.39, 0.29) is 11.8 Å². The summed E-state index contributed by atoms with van der Waals surface area (Å²) in [4.78, 5) is 12.0. The van der Waals surface area contributed by atoms with Gasteiger partial charge in [0.15, 0.2) is 0 Å². The maximum Gasteiger partial charge on any atom is 0.223 e. The van der Waals surface area contributed by atoms with Gasteiger partial charge in [-0.05, 0) is 49.9 Å². The van der Waals surface area contributed by atoms with Gasteiger partial charge in [-0.2, -0.15) is 0 Å². The van der Waals surface area contributed by atoms with E-state index in [1.165, 1.54) is 12.8 Å². The van der Waals surface area contributed by atoms with Crippen molar-refractivity contribution in [1.82, 2.24) is 5.32 Å². The molecule has 0 radical (unpaired) electrons. The highest BCUT2D eigenvalue weighted by Crippen LogP contribution is 2.39. The molecule has 108 valence electrons. The van der Waals surface area contributed by atoms with Crippen LogP contribution in [0, 0.1) is 29.6 Å². The van der Waals surface area contributed by atoms with Gasteiger partial charge in [0.2, 0.25) is 5.91 Å². The van der Waals surface area contributed by atoms with Crippen LogP contribution >= 0.6 is 0 Å². The van der Waals surface area contributed by atoms with Gasteiger partial charge in [-0.25, -0.2) is 0 Å². The fourth-order valence-corrected chi connectivity index (χ4v) is 2.93. The number of carbonyl (C=O) groups excluding carboxylic acids is 1. The monoisotopic (exact) mass is 263 g/mol. The second-order valence-corrected chi connectivity index (χ2v) is 6.87. The average molecular weight is 263 g/mol. The van der Waals surface area contributed by atoms with E-state index >= 15 is 0 Å². The van der Waals surface area contributed by atoms with E-state index < -0.39 is 0 Å². The first-order valence-corrected chi connectivity index (χ1v) is 7.66. The van der Waals surface area contributed by atoms with Gasteiger partial charge in [0.05, 0.1) is 0 Å². The Kier molecular flexibility index (Phi) is 6.42. The third kappa shape index (κ3) is 5.68. The summed E-state index contributed by atoms with van der Waals surface area (Å²) in [6, 6.07) is 0. The van der Waals surface area contributed by atoms with Gasteiger partial charge in [-0.15, -0.1) is 12.3 Å². The molecular formula is C17H29NO. The Bertz CT molecular complexity index is 313. The third-order valence-electron chi connectivity index (χ3n) is 4.37. The quantitative estimate of drug-likeness (QED) is 0.594. The molecule has 1 saturated carbocycles. The zero-order valence-corrected chi connectivity index (χ0v) is 12.8. The van der Waals surface area contributed by atoms with Gasteiger partial charge < -0.3 is 5.32 Å². The van der Waals surface area contributed by atoms with Gasteiger partial charge in [-0.1, -0.05) is 20.8 Å². The lowest BCUT2D eigenvalue weighted by Crippen LogP contribution is -2.35. The van der Waals surface area contributed by atoms with Crippen molar-refractivity contribution in [3.05, 3.63) is 0 Å². The third-order valence-corrected chi connectivity index (χ3v) is 4.37. The first kappa shape index (κ1) is 16.1. The smallest absolute Gasteiger partial charge is 0.223 e. The van der Waals surface area contributed by atoms with Crippen molar-refractivity contribution in [1.29, 1.82) is 0 Å². The number of terminal acetylenes is 1. The Morgan fingerprint density at radius 3 is 2.37 bits per heavy atom. The molecule has 19 heavy (non-hydrogen) atoms. The van der Waals surface area contributed by atoms with Crippen molar-refractivity contribution in [2.24, 2.45) is 17.3 Å². The minimum atomic E-state index is 0.242. The van der Waals surface area contributed by atoms with E-state index in [0.717, 1.165) is 44.6 Å². The van der Waals surface area contributed by atoms with E-state index in [0.29, 0.717) is 5.41 Å². The zero-order chi connectivity index (χ0) is 14.3. The molecule has 0 heterocycles. The average Bonchev–Trinajstić information content (AvgIpc) is 2.37. The SMILES string of the molecule is C#CCCCCNC(=O)C1CCC(C(C)(C)C)CC1. The maximum absolute atomic E-state index is 12.0. The van der Waals surface area contributed by atoms with Crippen molar-refractivity contribution in [2.75, 3.05) is 6.54 Å². The number of carbonyl (C=O) groups is 1. The molecule has 2 heteroatoms. The summed E-state index contributed by atoms with van der Waals surface area (Å²) in [5.41, 5.74) is 0.386. The van der Waals surface area contributed by atoms with Crippen molar-refractivity contribution in [3.63, 3.8) is 0 Å². The normalized spacial score (nSPS) is 23.7. The van der Waals surface area contributed by atoms with Crippen LogP contribution in [-0.2, 0) is 4.79 Å². The van der Waals surface area contributed by atoms with Crippen LogP contribution in [0.5, 0.6) is 0 Å². The van der Waals surface area contributed by atoms with E-state index in [1.807, 2.05) is 0 Å². The van der Waals surface area contributed by atoms with Crippen molar-refractivity contribution < 1.29 is 4.79 Å². The number of hydrogen-bond acceptors (Lipinski definition) is 1. The van der Waals surface area contributed by atoms with Crippen molar-refractivity contribution in [3.8, 4) is 12.3 Å². The molecule has 0 aliphatic heterocycles. The van der Waals surface area contributed by atoms with Crippen LogP contribution in [0.1, 0.15) is 65.7 Å². The molecule has 1 N–H and O–H groups in total. The second-order valence-electron chi connectivity index (χ2n) is 6.87. The number of amides is 1. The first-order chi connectivity index (χ1) is 8.95. The molecule has 0 aromatic carbocycles. The van der Waals surface area contributed by atoms with Crippen LogP contribution in [0.2, 0.25) is 0 Å². The lowest BCUT2D eigenvalue weighted by molar-refractivity contribution is -0.126. The molecule has 0 aromatic rings. The van der Waals surface area contributed by atoms with Gasteiger partial charge in [-0.3, -0.25) is 4.79 Å². The summed E-state index contributed by atoms with van der Waals surface area (Å²) in [5, 5.41) is 3.06. The van der Waals surface area contributed by atoms with E-state index in [2.05, 4.69) is 32.0 Å². The number of unbranched alkanes of at least 4 members (excludes halogenated alkanes) is 2. The predicted molar refractivity (Wildman–Crippen MR) is 80.6 cm³/mol. The fraction of sp³-hybridized carbons (Fsp3) is 0.824. The van der Waals surface area contributed by atoms with Crippen LogP contribution in [0.15, 0.2) is 0 Å².